The van der Waals surface area contributed by atoms with Gasteiger partial charge in [0, 0.05) is 18.7 Å². The van der Waals surface area contributed by atoms with Gasteiger partial charge in [0.05, 0.1) is 6.10 Å². The number of aryl methyl sites for hydroxylation is 1. The zero-order valence-electron chi connectivity index (χ0n) is 10.8. The van der Waals surface area contributed by atoms with Crippen molar-refractivity contribution < 1.29 is 19.4 Å². The number of carboxylic acid groups (broad SMARTS) is 1. The van der Waals surface area contributed by atoms with Crippen LogP contribution in [0.15, 0.2) is 24.3 Å². The number of carboxylic acids is 1. The second-order valence-corrected chi connectivity index (χ2v) is 4.02. The number of para-hydroxylation sites is 1. The third kappa shape index (κ3) is 4.22. The molecule has 0 heterocycles. The van der Waals surface area contributed by atoms with Gasteiger partial charge in [0.25, 0.3) is 0 Å². The number of hydrogen-bond donors (Lipinski definition) is 1. The molecule has 0 spiro atoms. The number of hydrogen-bond acceptors (Lipinski definition) is 3. The van der Waals surface area contributed by atoms with Crippen LogP contribution in [-0.2, 0) is 9.53 Å². The molecule has 0 bridgehead atoms. The minimum absolute atomic E-state index is 0.0130. The fourth-order valence-corrected chi connectivity index (χ4v) is 1.43. The molecule has 0 aromatic heterocycles. The molecule has 18 heavy (non-hydrogen) atoms. The molecule has 0 fully saturated rings. The van der Waals surface area contributed by atoms with Gasteiger partial charge in [-0.15, -0.1) is 0 Å². The van der Waals surface area contributed by atoms with Gasteiger partial charge < -0.3 is 14.6 Å². The van der Waals surface area contributed by atoms with E-state index in [1.165, 1.54) is 6.08 Å². The summed E-state index contributed by atoms with van der Waals surface area (Å²) in [6.45, 7) is 4.26. The molecule has 1 unspecified atom stereocenters. The molecule has 4 heteroatoms. The lowest BCUT2D eigenvalue weighted by atomic mass is 10.1. The summed E-state index contributed by atoms with van der Waals surface area (Å²) in [4.78, 5) is 10.5. The average molecular weight is 250 g/mol. The normalized spacial score (nSPS) is 12.6. The van der Waals surface area contributed by atoms with Crippen molar-refractivity contribution in [1.29, 1.82) is 0 Å². The molecule has 1 atom stereocenters. The first-order valence-corrected chi connectivity index (χ1v) is 5.70. The molecule has 1 rings (SSSR count). The zero-order valence-corrected chi connectivity index (χ0v) is 10.8. The molecular weight excluding hydrogens is 232 g/mol. The first-order valence-electron chi connectivity index (χ1n) is 5.70. The van der Waals surface area contributed by atoms with Gasteiger partial charge in [-0.1, -0.05) is 18.2 Å². The van der Waals surface area contributed by atoms with Crippen LogP contribution in [0, 0.1) is 6.92 Å². The quantitative estimate of drug-likeness (QED) is 0.788. The van der Waals surface area contributed by atoms with Crippen LogP contribution in [0.5, 0.6) is 5.75 Å². The van der Waals surface area contributed by atoms with E-state index in [-0.39, 0.29) is 6.10 Å². The fourth-order valence-electron chi connectivity index (χ4n) is 1.43. The van der Waals surface area contributed by atoms with E-state index in [1.807, 2.05) is 32.0 Å². The summed E-state index contributed by atoms with van der Waals surface area (Å²) in [5, 5.41) is 8.64. The van der Waals surface area contributed by atoms with E-state index in [2.05, 4.69) is 0 Å². The van der Waals surface area contributed by atoms with Crippen LogP contribution in [0.2, 0.25) is 0 Å². The Morgan fingerprint density at radius 3 is 2.83 bits per heavy atom. The molecule has 1 aromatic carbocycles. The molecule has 0 aliphatic carbocycles. The minimum Gasteiger partial charge on any atom is -0.490 e. The standard InChI is InChI=1S/C14H18O4/c1-10-5-4-6-12(7-8-13(15)16)14(10)18-9-11(2)17-3/h4-8,11H,9H2,1-3H3,(H,15,16)/b8-7+. The molecule has 0 amide bonds. The van der Waals surface area contributed by atoms with Crippen molar-refractivity contribution in [2.75, 3.05) is 13.7 Å². The number of ether oxygens (including phenoxy) is 2. The van der Waals surface area contributed by atoms with E-state index in [1.54, 1.807) is 7.11 Å². The molecule has 0 radical (unpaired) electrons. The first-order chi connectivity index (χ1) is 8.54. The maximum atomic E-state index is 10.5. The molecule has 0 aliphatic heterocycles. The number of aliphatic carboxylic acids is 1. The highest BCUT2D eigenvalue weighted by Crippen LogP contribution is 2.24. The number of rotatable bonds is 6. The molecule has 0 saturated heterocycles. The largest absolute Gasteiger partial charge is 0.490 e. The summed E-state index contributed by atoms with van der Waals surface area (Å²) < 4.78 is 10.8. The summed E-state index contributed by atoms with van der Waals surface area (Å²) in [7, 11) is 1.62. The van der Waals surface area contributed by atoms with Crippen LogP contribution in [0.4, 0.5) is 0 Å². The van der Waals surface area contributed by atoms with E-state index >= 15 is 0 Å². The highest BCUT2D eigenvalue weighted by Gasteiger charge is 2.07. The number of benzene rings is 1. The number of carbonyl (C=O) groups is 1. The summed E-state index contributed by atoms with van der Waals surface area (Å²) in [5.74, 6) is -0.286. The summed E-state index contributed by atoms with van der Waals surface area (Å²) >= 11 is 0. The van der Waals surface area contributed by atoms with Gasteiger partial charge in [-0.3, -0.25) is 0 Å². The van der Waals surface area contributed by atoms with Gasteiger partial charge in [-0.2, -0.15) is 0 Å². The molecule has 4 nitrogen and oxygen atoms in total. The maximum absolute atomic E-state index is 10.5. The average Bonchev–Trinajstić information content (AvgIpc) is 2.34. The minimum atomic E-state index is -0.979. The lowest BCUT2D eigenvalue weighted by Gasteiger charge is -2.15. The number of methoxy groups -OCH3 is 1. The SMILES string of the molecule is COC(C)COc1c(C)cccc1/C=C/C(=O)O. The predicted octanol–water partition coefficient (Wildman–Crippen LogP) is 2.51. The van der Waals surface area contributed by atoms with Crippen LogP contribution in [0.3, 0.4) is 0 Å². The summed E-state index contributed by atoms with van der Waals surface area (Å²) in [6, 6.07) is 5.60. The van der Waals surface area contributed by atoms with Gasteiger partial charge in [0.15, 0.2) is 0 Å². The first kappa shape index (κ1) is 14.3. The van der Waals surface area contributed by atoms with E-state index < -0.39 is 5.97 Å². The monoisotopic (exact) mass is 250 g/mol. The Morgan fingerprint density at radius 2 is 2.22 bits per heavy atom. The lowest BCUT2D eigenvalue weighted by Crippen LogP contribution is -2.16. The Balaban J connectivity index is 2.90. The van der Waals surface area contributed by atoms with Crippen LogP contribution in [-0.4, -0.2) is 30.9 Å². The second kappa shape index (κ2) is 6.81. The van der Waals surface area contributed by atoms with Gasteiger partial charge in [0.2, 0.25) is 0 Å². The van der Waals surface area contributed by atoms with Crippen molar-refractivity contribution >= 4 is 12.0 Å². The maximum Gasteiger partial charge on any atom is 0.328 e. The van der Waals surface area contributed by atoms with Gasteiger partial charge >= 0.3 is 5.97 Å². The lowest BCUT2D eigenvalue weighted by molar-refractivity contribution is -0.131. The Morgan fingerprint density at radius 1 is 1.50 bits per heavy atom. The van der Waals surface area contributed by atoms with E-state index in [0.717, 1.165) is 17.2 Å². The van der Waals surface area contributed by atoms with E-state index in [4.69, 9.17) is 14.6 Å². The Kier molecular flexibility index (Phi) is 5.39. The summed E-state index contributed by atoms with van der Waals surface area (Å²) in [5.41, 5.74) is 1.71. The Hall–Kier alpha value is -1.81. The van der Waals surface area contributed by atoms with Crippen LogP contribution in [0.1, 0.15) is 18.1 Å². The molecule has 0 aliphatic rings. The molecule has 0 saturated carbocycles. The van der Waals surface area contributed by atoms with Crippen molar-refractivity contribution in [2.24, 2.45) is 0 Å². The molecule has 1 aromatic rings. The van der Waals surface area contributed by atoms with E-state index in [0.29, 0.717) is 12.4 Å². The van der Waals surface area contributed by atoms with Crippen molar-refractivity contribution in [3.63, 3.8) is 0 Å². The fraction of sp³-hybridized carbons (Fsp3) is 0.357. The van der Waals surface area contributed by atoms with Crippen LogP contribution >= 0.6 is 0 Å². The van der Waals surface area contributed by atoms with Gasteiger partial charge in [-0.25, -0.2) is 4.79 Å². The molecular formula is C14H18O4. The Labute approximate surface area is 107 Å². The third-order valence-corrected chi connectivity index (χ3v) is 2.51. The van der Waals surface area contributed by atoms with Crippen molar-refractivity contribution in [3.8, 4) is 5.75 Å². The Bertz CT molecular complexity index is 437. The second-order valence-electron chi connectivity index (χ2n) is 4.02. The van der Waals surface area contributed by atoms with Crippen molar-refractivity contribution in [3.05, 3.63) is 35.4 Å². The third-order valence-electron chi connectivity index (χ3n) is 2.51. The molecule has 1 N–H and O–H groups in total. The zero-order chi connectivity index (χ0) is 13.5. The smallest absolute Gasteiger partial charge is 0.328 e. The van der Waals surface area contributed by atoms with E-state index in [9.17, 15) is 4.79 Å². The highest BCUT2D eigenvalue weighted by molar-refractivity contribution is 5.86. The van der Waals surface area contributed by atoms with Crippen LogP contribution < -0.4 is 4.74 Å². The topological polar surface area (TPSA) is 55.8 Å². The molecule has 98 valence electrons. The predicted molar refractivity (Wildman–Crippen MR) is 69.8 cm³/mol. The van der Waals surface area contributed by atoms with Crippen molar-refractivity contribution in [2.45, 2.75) is 20.0 Å². The van der Waals surface area contributed by atoms with Gasteiger partial charge in [0.1, 0.15) is 12.4 Å². The van der Waals surface area contributed by atoms with Crippen LogP contribution in [0.25, 0.3) is 6.08 Å². The summed E-state index contributed by atoms with van der Waals surface area (Å²) in [6.07, 6.45) is 2.62. The van der Waals surface area contributed by atoms with Gasteiger partial charge in [-0.05, 0) is 25.5 Å². The van der Waals surface area contributed by atoms with Crippen molar-refractivity contribution in [1.82, 2.24) is 0 Å². The highest BCUT2D eigenvalue weighted by atomic mass is 16.5.